The molecule has 1 aliphatic rings. The minimum atomic E-state index is 0.270. The summed E-state index contributed by atoms with van der Waals surface area (Å²) in [6, 6.07) is 0. The predicted octanol–water partition coefficient (Wildman–Crippen LogP) is 0.988. The molecule has 18 heavy (non-hydrogen) atoms. The molecule has 6 heteroatoms. The van der Waals surface area contributed by atoms with E-state index in [0.717, 1.165) is 38.5 Å². The maximum atomic E-state index is 5.71. The maximum Gasteiger partial charge on any atom is 0.165 e. The number of tetrazole rings is 1. The molecular formula is C12H23N5O. The van der Waals surface area contributed by atoms with Gasteiger partial charge in [0, 0.05) is 6.61 Å². The van der Waals surface area contributed by atoms with Gasteiger partial charge in [-0.3, -0.25) is 0 Å². The van der Waals surface area contributed by atoms with E-state index in [-0.39, 0.29) is 6.10 Å². The van der Waals surface area contributed by atoms with Crippen LogP contribution in [-0.4, -0.2) is 39.5 Å². The monoisotopic (exact) mass is 253 g/mol. The van der Waals surface area contributed by atoms with Crippen molar-refractivity contribution in [2.45, 2.75) is 52.3 Å². The second-order valence-corrected chi connectivity index (χ2v) is 5.29. The van der Waals surface area contributed by atoms with Gasteiger partial charge in [0.05, 0.1) is 19.2 Å². The Bertz CT molecular complexity index is 346. The van der Waals surface area contributed by atoms with Gasteiger partial charge in [-0.25, -0.2) is 4.68 Å². The zero-order valence-electron chi connectivity index (χ0n) is 11.3. The molecule has 0 aromatic carbocycles. The molecule has 0 bridgehead atoms. The van der Waals surface area contributed by atoms with Crippen LogP contribution in [0.25, 0.3) is 0 Å². The highest BCUT2D eigenvalue weighted by Gasteiger charge is 2.17. The summed E-state index contributed by atoms with van der Waals surface area (Å²) in [5.74, 6) is 1.53. The number of aromatic nitrogens is 4. The van der Waals surface area contributed by atoms with Crippen molar-refractivity contribution in [2.75, 3.05) is 13.2 Å². The number of hydrogen-bond donors (Lipinski definition) is 1. The molecule has 0 radical (unpaired) electrons. The standard InChI is InChI=1S/C12H23N5O/c1-10(2)7-13-8-12-14-15-16-17(12)9-11-5-3-4-6-18-11/h10-11,13H,3-9H2,1-2H3. The van der Waals surface area contributed by atoms with Gasteiger partial charge in [0.25, 0.3) is 0 Å². The van der Waals surface area contributed by atoms with E-state index in [0.29, 0.717) is 5.92 Å². The summed E-state index contributed by atoms with van der Waals surface area (Å²) in [4.78, 5) is 0. The summed E-state index contributed by atoms with van der Waals surface area (Å²) < 4.78 is 7.58. The van der Waals surface area contributed by atoms with Crippen LogP contribution in [0.15, 0.2) is 0 Å². The van der Waals surface area contributed by atoms with E-state index < -0.39 is 0 Å². The van der Waals surface area contributed by atoms with Crippen molar-refractivity contribution in [1.82, 2.24) is 25.5 Å². The van der Waals surface area contributed by atoms with Crippen LogP contribution in [0.5, 0.6) is 0 Å². The first-order valence-electron chi connectivity index (χ1n) is 6.83. The highest BCUT2D eigenvalue weighted by molar-refractivity contribution is 4.81. The van der Waals surface area contributed by atoms with Gasteiger partial charge in [-0.2, -0.15) is 0 Å². The lowest BCUT2D eigenvalue weighted by Crippen LogP contribution is -2.28. The van der Waals surface area contributed by atoms with Crippen LogP contribution < -0.4 is 5.32 Å². The largest absolute Gasteiger partial charge is 0.376 e. The Hall–Kier alpha value is -1.01. The van der Waals surface area contributed by atoms with Gasteiger partial charge >= 0.3 is 0 Å². The van der Waals surface area contributed by atoms with Crippen LogP contribution in [0.1, 0.15) is 38.9 Å². The van der Waals surface area contributed by atoms with Crippen molar-refractivity contribution < 1.29 is 4.74 Å². The Morgan fingerprint density at radius 2 is 2.33 bits per heavy atom. The molecule has 6 nitrogen and oxygen atoms in total. The Morgan fingerprint density at radius 1 is 1.44 bits per heavy atom. The average Bonchev–Trinajstić information content (AvgIpc) is 2.78. The molecule has 0 saturated carbocycles. The molecule has 1 aromatic heterocycles. The molecule has 1 aliphatic heterocycles. The van der Waals surface area contributed by atoms with Crippen LogP contribution in [0.2, 0.25) is 0 Å². The summed E-state index contributed by atoms with van der Waals surface area (Å²) >= 11 is 0. The third kappa shape index (κ3) is 4.03. The molecule has 2 heterocycles. The van der Waals surface area contributed by atoms with Crippen molar-refractivity contribution in [2.24, 2.45) is 5.92 Å². The van der Waals surface area contributed by atoms with E-state index in [1.807, 2.05) is 4.68 Å². The molecule has 2 rings (SSSR count). The van der Waals surface area contributed by atoms with Crippen molar-refractivity contribution in [3.63, 3.8) is 0 Å². The SMILES string of the molecule is CC(C)CNCc1nnnn1CC1CCCCO1. The maximum absolute atomic E-state index is 5.71. The minimum absolute atomic E-state index is 0.270. The molecule has 1 fully saturated rings. The van der Waals surface area contributed by atoms with Gasteiger partial charge in [-0.1, -0.05) is 13.8 Å². The van der Waals surface area contributed by atoms with Crippen LogP contribution in [0.4, 0.5) is 0 Å². The smallest absolute Gasteiger partial charge is 0.165 e. The molecule has 0 aliphatic carbocycles. The fourth-order valence-electron chi connectivity index (χ4n) is 2.11. The van der Waals surface area contributed by atoms with Crippen molar-refractivity contribution >= 4 is 0 Å². The quantitative estimate of drug-likeness (QED) is 0.819. The summed E-state index contributed by atoms with van der Waals surface area (Å²) in [6.07, 6.45) is 3.80. The van der Waals surface area contributed by atoms with Gasteiger partial charge in [-0.15, -0.1) is 5.10 Å². The zero-order valence-corrected chi connectivity index (χ0v) is 11.3. The van der Waals surface area contributed by atoms with Crippen molar-refractivity contribution in [3.8, 4) is 0 Å². The first kappa shape index (κ1) is 13.4. The zero-order chi connectivity index (χ0) is 12.8. The normalized spacial score (nSPS) is 20.5. The third-order valence-corrected chi connectivity index (χ3v) is 3.09. The number of ether oxygens (including phenoxy) is 1. The van der Waals surface area contributed by atoms with Crippen LogP contribution in [-0.2, 0) is 17.8 Å². The van der Waals surface area contributed by atoms with Gasteiger partial charge in [0.2, 0.25) is 0 Å². The highest BCUT2D eigenvalue weighted by atomic mass is 16.5. The minimum Gasteiger partial charge on any atom is -0.376 e. The Balaban J connectivity index is 1.82. The van der Waals surface area contributed by atoms with E-state index in [9.17, 15) is 0 Å². The number of nitrogens with zero attached hydrogens (tertiary/aromatic N) is 4. The predicted molar refractivity (Wildman–Crippen MR) is 68.0 cm³/mol. The fourth-order valence-corrected chi connectivity index (χ4v) is 2.11. The Morgan fingerprint density at radius 3 is 3.06 bits per heavy atom. The van der Waals surface area contributed by atoms with E-state index in [1.54, 1.807) is 0 Å². The number of rotatable bonds is 6. The van der Waals surface area contributed by atoms with Gasteiger partial charge in [0.15, 0.2) is 5.82 Å². The lowest BCUT2D eigenvalue weighted by molar-refractivity contribution is 0.00313. The number of hydrogen-bond acceptors (Lipinski definition) is 5. The van der Waals surface area contributed by atoms with Crippen molar-refractivity contribution in [1.29, 1.82) is 0 Å². The van der Waals surface area contributed by atoms with Gasteiger partial charge < -0.3 is 10.1 Å². The van der Waals surface area contributed by atoms with Crippen LogP contribution >= 0.6 is 0 Å². The van der Waals surface area contributed by atoms with Crippen LogP contribution in [0.3, 0.4) is 0 Å². The lowest BCUT2D eigenvalue weighted by Gasteiger charge is -2.22. The first-order chi connectivity index (χ1) is 8.75. The third-order valence-electron chi connectivity index (χ3n) is 3.09. The number of nitrogens with one attached hydrogen (secondary N) is 1. The molecule has 1 aromatic rings. The molecule has 102 valence electrons. The Labute approximate surface area is 108 Å². The van der Waals surface area contributed by atoms with E-state index in [4.69, 9.17) is 4.74 Å². The average molecular weight is 253 g/mol. The molecule has 0 amide bonds. The molecule has 1 unspecified atom stereocenters. The summed E-state index contributed by atoms with van der Waals surface area (Å²) in [7, 11) is 0. The fraction of sp³-hybridized carbons (Fsp3) is 0.917. The van der Waals surface area contributed by atoms with E-state index in [1.165, 1.54) is 12.8 Å². The van der Waals surface area contributed by atoms with Crippen LogP contribution in [0, 0.1) is 5.92 Å². The summed E-state index contributed by atoms with van der Waals surface area (Å²) in [6.45, 7) is 7.71. The first-order valence-corrected chi connectivity index (χ1v) is 6.83. The molecular weight excluding hydrogens is 230 g/mol. The molecule has 1 N–H and O–H groups in total. The molecule has 1 saturated heterocycles. The topological polar surface area (TPSA) is 64.9 Å². The highest BCUT2D eigenvalue weighted by Crippen LogP contribution is 2.14. The van der Waals surface area contributed by atoms with E-state index in [2.05, 4.69) is 34.7 Å². The Kier molecular flexibility index (Phi) is 5.07. The molecule has 1 atom stereocenters. The lowest BCUT2D eigenvalue weighted by atomic mass is 10.1. The molecule has 0 spiro atoms. The summed E-state index contributed by atoms with van der Waals surface area (Å²) in [5, 5.41) is 15.2. The van der Waals surface area contributed by atoms with Crippen molar-refractivity contribution in [3.05, 3.63) is 5.82 Å². The summed E-state index contributed by atoms with van der Waals surface area (Å²) in [5.41, 5.74) is 0. The second-order valence-electron chi connectivity index (χ2n) is 5.29. The van der Waals surface area contributed by atoms with Gasteiger partial charge in [0.1, 0.15) is 0 Å². The van der Waals surface area contributed by atoms with E-state index >= 15 is 0 Å². The van der Waals surface area contributed by atoms with Gasteiger partial charge in [-0.05, 0) is 42.2 Å². The second kappa shape index (κ2) is 6.80.